The van der Waals surface area contributed by atoms with E-state index >= 15 is 0 Å². The molecule has 0 N–H and O–H groups in total. The van der Waals surface area contributed by atoms with Crippen LogP contribution in [-0.2, 0) is 4.79 Å². The van der Waals surface area contributed by atoms with Gasteiger partial charge in [-0.05, 0) is 40.5 Å². The van der Waals surface area contributed by atoms with E-state index in [1.807, 2.05) is 4.90 Å². The van der Waals surface area contributed by atoms with Gasteiger partial charge in [0.2, 0.25) is 5.91 Å². The molecule has 0 aliphatic heterocycles. The van der Waals surface area contributed by atoms with E-state index in [0.717, 1.165) is 12.8 Å². The van der Waals surface area contributed by atoms with Gasteiger partial charge < -0.3 is 4.90 Å². The van der Waals surface area contributed by atoms with Crippen molar-refractivity contribution in [3.63, 3.8) is 0 Å². The first-order chi connectivity index (χ1) is 6.38. The number of nitrogens with zero attached hydrogens (tertiary/aromatic N) is 1. The standard InChI is InChI=1S/C12H23NO/c1-9(2)13(10(3)4)11(14)12(5)7-6-8-12/h9-10H,6-8H2,1-5H3. The summed E-state index contributed by atoms with van der Waals surface area (Å²) in [5.74, 6) is 0.355. The van der Waals surface area contributed by atoms with Crippen LogP contribution in [0, 0.1) is 5.41 Å². The second-order valence-corrected chi connectivity index (χ2v) is 5.31. The zero-order chi connectivity index (χ0) is 10.9. The Kier molecular flexibility index (Phi) is 3.23. The molecule has 1 fully saturated rings. The molecule has 1 amide bonds. The number of hydrogen-bond acceptors (Lipinski definition) is 1. The molecule has 0 aromatic rings. The molecule has 1 saturated carbocycles. The average molecular weight is 197 g/mol. The molecular weight excluding hydrogens is 174 g/mol. The average Bonchev–Trinajstić information content (AvgIpc) is 1.98. The zero-order valence-corrected chi connectivity index (χ0v) is 10.1. The minimum atomic E-state index is -0.0471. The Labute approximate surface area is 87.7 Å². The highest BCUT2D eigenvalue weighted by atomic mass is 16.2. The van der Waals surface area contributed by atoms with Gasteiger partial charge in [-0.25, -0.2) is 0 Å². The van der Waals surface area contributed by atoms with Gasteiger partial charge in [0.05, 0.1) is 0 Å². The van der Waals surface area contributed by atoms with E-state index in [1.165, 1.54) is 6.42 Å². The van der Waals surface area contributed by atoms with E-state index in [9.17, 15) is 4.79 Å². The molecule has 0 atom stereocenters. The summed E-state index contributed by atoms with van der Waals surface area (Å²) < 4.78 is 0. The second-order valence-electron chi connectivity index (χ2n) is 5.31. The largest absolute Gasteiger partial charge is 0.337 e. The highest BCUT2D eigenvalue weighted by Gasteiger charge is 2.42. The number of carbonyl (C=O) groups excluding carboxylic acids is 1. The van der Waals surface area contributed by atoms with Crippen molar-refractivity contribution in [3.05, 3.63) is 0 Å². The van der Waals surface area contributed by atoms with Crippen molar-refractivity contribution in [2.75, 3.05) is 0 Å². The Morgan fingerprint density at radius 1 is 1.14 bits per heavy atom. The van der Waals surface area contributed by atoms with Crippen LogP contribution >= 0.6 is 0 Å². The molecule has 0 spiro atoms. The molecule has 1 aliphatic carbocycles. The smallest absolute Gasteiger partial charge is 0.228 e. The first kappa shape index (κ1) is 11.5. The maximum absolute atomic E-state index is 12.3. The first-order valence-corrected chi connectivity index (χ1v) is 5.71. The fourth-order valence-corrected chi connectivity index (χ4v) is 2.30. The predicted octanol–water partition coefficient (Wildman–Crippen LogP) is 2.82. The SMILES string of the molecule is CC(C)N(C(=O)C1(C)CCC1)C(C)C. The van der Waals surface area contributed by atoms with Crippen molar-refractivity contribution in [1.29, 1.82) is 0 Å². The molecule has 82 valence electrons. The van der Waals surface area contributed by atoms with Crippen LogP contribution < -0.4 is 0 Å². The van der Waals surface area contributed by atoms with Gasteiger partial charge in [0.25, 0.3) is 0 Å². The molecule has 0 saturated heterocycles. The molecule has 0 heterocycles. The van der Waals surface area contributed by atoms with Crippen molar-refractivity contribution in [3.8, 4) is 0 Å². The Hall–Kier alpha value is -0.530. The van der Waals surface area contributed by atoms with Crippen molar-refractivity contribution in [2.24, 2.45) is 5.41 Å². The lowest BCUT2D eigenvalue weighted by molar-refractivity contribution is -0.149. The molecule has 1 rings (SSSR count). The summed E-state index contributed by atoms with van der Waals surface area (Å²) in [4.78, 5) is 14.3. The molecular formula is C12H23NO. The highest BCUT2D eigenvalue weighted by molar-refractivity contribution is 5.83. The fraction of sp³-hybridized carbons (Fsp3) is 0.917. The van der Waals surface area contributed by atoms with Gasteiger partial charge >= 0.3 is 0 Å². The maximum atomic E-state index is 12.3. The summed E-state index contributed by atoms with van der Waals surface area (Å²) in [5.41, 5.74) is -0.0471. The van der Waals surface area contributed by atoms with Gasteiger partial charge in [-0.1, -0.05) is 13.3 Å². The molecule has 2 nitrogen and oxygen atoms in total. The van der Waals surface area contributed by atoms with Crippen LogP contribution in [-0.4, -0.2) is 22.9 Å². The number of carbonyl (C=O) groups is 1. The van der Waals surface area contributed by atoms with Gasteiger partial charge in [-0.2, -0.15) is 0 Å². The van der Waals surface area contributed by atoms with Crippen LogP contribution in [0.3, 0.4) is 0 Å². The van der Waals surface area contributed by atoms with Crippen LogP contribution in [0.2, 0.25) is 0 Å². The molecule has 14 heavy (non-hydrogen) atoms. The van der Waals surface area contributed by atoms with Gasteiger partial charge in [0, 0.05) is 17.5 Å². The Balaban J connectivity index is 2.73. The summed E-state index contributed by atoms with van der Waals surface area (Å²) in [6.07, 6.45) is 3.36. The Morgan fingerprint density at radius 2 is 1.57 bits per heavy atom. The summed E-state index contributed by atoms with van der Waals surface area (Å²) in [7, 11) is 0. The summed E-state index contributed by atoms with van der Waals surface area (Å²) in [5, 5.41) is 0. The van der Waals surface area contributed by atoms with E-state index in [-0.39, 0.29) is 5.41 Å². The van der Waals surface area contributed by atoms with Gasteiger partial charge in [0.1, 0.15) is 0 Å². The molecule has 0 bridgehead atoms. The number of hydrogen-bond donors (Lipinski definition) is 0. The van der Waals surface area contributed by atoms with E-state index in [0.29, 0.717) is 18.0 Å². The van der Waals surface area contributed by atoms with Crippen molar-refractivity contribution < 1.29 is 4.79 Å². The minimum absolute atomic E-state index is 0.0471. The lowest BCUT2D eigenvalue weighted by Gasteiger charge is -2.43. The second kappa shape index (κ2) is 3.92. The van der Waals surface area contributed by atoms with Crippen molar-refractivity contribution in [2.45, 2.75) is 66.0 Å². The lowest BCUT2D eigenvalue weighted by atomic mass is 9.69. The third-order valence-corrected chi connectivity index (χ3v) is 3.32. The van der Waals surface area contributed by atoms with Gasteiger partial charge in [-0.15, -0.1) is 0 Å². The molecule has 0 aromatic heterocycles. The van der Waals surface area contributed by atoms with Crippen LogP contribution in [0.5, 0.6) is 0 Å². The number of amides is 1. The summed E-state index contributed by atoms with van der Waals surface area (Å²) in [6.45, 7) is 10.5. The van der Waals surface area contributed by atoms with Gasteiger partial charge in [0.15, 0.2) is 0 Å². The van der Waals surface area contributed by atoms with Crippen molar-refractivity contribution >= 4 is 5.91 Å². The fourth-order valence-electron chi connectivity index (χ4n) is 2.30. The van der Waals surface area contributed by atoms with Crippen LogP contribution in [0.1, 0.15) is 53.9 Å². The summed E-state index contributed by atoms with van der Waals surface area (Å²) in [6, 6.07) is 0.639. The van der Waals surface area contributed by atoms with Crippen LogP contribution in [0.15, 0.2) is 0 Å². The minimum Gasteiger partial charge on any atom is -0.337 e. The van der Waals surface area contributed by atoms with E-state index in [4.69, 9.17) is 0 Å². The quantitative estimate of drug-likeness (QED) is 0.681. The first-order valence-electron chi connectivity index (χ1n) is 5.71. The van der Waals surface area contributed by atoms with E-state index < -0.39 is 0 Å². The number of rotatable bonds is 3. The van der Waals surface area contributed by atoms with Crippen molar-refractivity contribution in [1.82, 2.24) is 4.90 Å². The Bertz CT molecular complexity index is 208. The van der Waals surface area contributed by atoms with Crippen LogP contribution in [0.4, 0.5) is 0 Å². The molecule has 0 radical (unpaired) electrons. The third kappa shape index (κ3) is 1.94. The van der Waals surface area contributed by atoms with Crippen LogP contribution in [0.25, 0.3) is 0 Å². The third-order valence-electron chi connectivity index (χ3n) is 3.32. The normalized spacial score (nSPS) is 19.6. The lowest BCUT2D eigenvalue weighted by Crippen LogP contribution is -2.51. The molecule has 0 aromatic carbocycles. The zero-order valence-electron chi connectivity index (χ0n) is 10.1. The highest BCUT2D eigenvalue weighted by Crippen LogP contribution is 2.42. The van der Waals surface area contributed by atoms with Gasteiger partial charge in [-0.3, -0.25) is 4.79 Å². The summed E-state index contributed by atoms with van der Waals surface area (Å²) >= 11 is 0. The Morgan fingerprint density at radius 3 is 1.79 bits per heavy atom. The predicted molar refractivity (Wildman–Crippen MR) is 59.1 cm³/mol. The van der Waals surface area contributed by atoms with E-state index in [2.05, 4.69) is 34.6 Å². The maximum Gasteiger partial charge on any atom is 0.228 e. The topological polar surface area (TPSA) is 20.3 Å². The monoisotopic (exact) mass is 197 g/mol. The molecule has 2 heteroatoms. The van der Waals surface area contributed by atoms with E-state index in [1.54, 1.807) is 0 Å². The molecule has 1 aliphatic rings. The molecule has 0 unspecified atom stereocenters.